The van der Waals surface area contributed by atoms with Crippen LogP contribution in [0.2, 0.25) is 0 Å². The lowest BCUT2D eigenvalue weighted by molar-refractivity contribution is -0.153. The average molecular weight is 363 g/mol. The van der Waals surface area contributed by atoms with Crippen LogP contribution in [0.1, 0.15) is 12.6 Å². The molecular formula is C16H17N3O5S. The lowest BCUT2D eigenvalue weighted by Crippen LogP contribution is -2.42. The number of methoxy groups -OCH3 is 1. The zero-order chi connectivity index (χ0) is 18.4. The van der Waals surface area contributed by atoms with Gasteiger partial charge < -0.3 is 15.2 Å². The summed E-state index contributed by atoms with van der Waals surface area (Å²) >= 11 is 1.39. The van der Waals surface area contributed by atoms with Gasteiger partial charge in [0.05, 0.1) is 19.2 Å². The number of primary amides is 1. The van der Waals surface area contributed by atoms with E-state index in [4.69, 9.17) is 15.2 Å². The Morgan fingerprint density at radius 1 is 1.28 bits per heavy atom. The van der Waals surface area contributed by atoms with Crippen molar-refractivity contribution in [1.82, 2.24) is 10.3 Å². The van der Waals surface area contributed by atoms with Gasteiger partial charge in [-0.15, -0.1) is 11.3 Å². The van der Waals surface area contributed by atoms with Crippen molar-refractivity contribution in [3.63, 3.8) is 0 Å². The number of carbonyl (C=O) groups is 3. The third kappa shape index (κ3) is 5.28. The second kappa shape index (κ2) is 8.25. The molecule has 0 saturated carbocycles. The first kappa shape index (κ1) is 18.4. The minimum atomic E-state index is -1.13. The van der Waals surface area contributed by atoms with Crippen LogP contribution in [0.15, 0.2) is 29.6 Å². The third-order valence-corrected chi connectivity index (χ3v) is 4.08. The van der Waals surface area contributed by atoms with Gasteiger partial charge in [-0.25, -0.2) is 9.78 Å². The van der Waals surface area contributed by atoms with Gasteiger partial charge in [-0.05, 0) is 31.2 Å². The molecule has 2 aromatic rings. The molecule has 1 heterocycles. The molecule has 132 valence electrons. The normalized spacial score (nSPS) is 11.4. The minimum Gasteiger partial charge on any atom is -0.497 e. The summed E-state index contributed by atoms with van der Waals surface area (Å²) in [5.41, 5.74) is 6.27. The lowest BCUT2D eigenvalue weighted by atomic mass is 10.2. The van der Waals surface area contributed by atoms with Gasteiger partial charge in [0, 0.05) is 10.9 Å². The zero-order valence-corrected chi connectivity index (χ0v) is 14.5. The monoisotopic (exact) mass is 363 g/mol. The molecule has 1 aromatic heterocycles. The summed E-state index contributed by atoms with van der Waals surface area (Å²) in [6, 6.07) is 6.39. The van der Waals surface area contributed by atoms with Crippen LogP contribution < -0.4 is 15.8 Å². The summed E-state index contributed by atoms with van der Waals surface area (Å²) < 4.78 is 10.1. The number of benzene rings is 1. The van der Waals surface area contributed by atoms with E-state index in [0.29, 0.717) is 5.69 Å². The number of nitrogens with two attached hydrogens (primary N) is 1. The first-order chi connectivity index (χ1) is 11.9. The fourth-order valence-electron chi connectivity index (χ4n) is 1.92. The fourth-order valence-corrected chi connectivity index (χ4v) is 2.74. The highest BCUT2D eigenvalue weighted by Crippen LogP contribution is 2.25. The number of nitrogens with one attached hydrogen (secondary N) is 1. The molecule has 3 N–H and O–H groups in total. The molecule has 1 atom stereocenters. The van der Waals surface area contributed by atoms with E-state index in [0.717, 1.165) is 16.3 Å². The molecule has 0 aliphatic heterocycles. The van der Waals surface area contributed by atoms with Crippen LogP contribution in [0.4, 0.5) is 4.79 Å². The number of rotatable bonds is 6. The molecule has 0 radical (unpaired) electrons. The van der Waals surface area contributed by atoms with E-state index in [-0.39, 0.29) is 6.42 Å². The summed E-state index contributed by atoms with van der Waals surface area (Å²) in [6.45, 7) is 1.35. The van der Waals surface area contributed by atoms with Crippen LogP contribution >= 0.6 is 11.3 Å². The predicted molar refractivity (Wildman–Crippen MR) is 91.1 cm³/mol. The molecule has 8 nitrogen and oxygen atoms in total. The quantitative estimate of drug-likeness (QED) is 0.750. The number of hydrogen-bond donors (Lipinski definition) is 2. The molecule has 1 aromatic carbocycles. The van der Waals surface area contributed by atoms with Gasteiger partial charge in [0.2, 0.25) is 0 Å². The van der Waals surface area contributed by atoms with Crippen LogP contribution in [0, 0.1) is 0 Å². The fraction of sp³-hybridized carbons (Fsp3) is 0.250. The van der Waals surface area contributed by atoms with Crippen LogP contribution in [0.25, 0.3) is 10.6 Å². The van der Waals surface area contributed by atoms with Crippen molar-refractivity contribution < 1.29 is 23.9 Å². The third-order valence-electron chi connectivity index (χ3n) is 3.14. The van der Waals surface area contributed by atoms with Gasteiger partial charge in [0.15, 0.2) is 6.10 Å². The molecule has 3 amide bonds. The van der Waals surface area contributed by atoms with Crippen LogP contribution in [0.3, 0.4) is 0 Å². The van der Waals surface area contributed by atoms with Gasteiger partial charge in [-0.2, -0.15) is 0 Å². The van der Waals surface area contributed by atoms with Crippen LogP contribution in [-0.2, 0) is 20.7 Å². The Balaban J connectivity index is 1.94. The molecular weight excluding hydrogens is 346 g/mol. The summed E-state index contributed by atoms with van der Waals surface area (Å²) in [6.07, 6.45) is -1.21. The lowest BCUT2D eigenvalue weighted by Gasteiger charge is -2.11. The Morgan fingerprint density at radius 2 is 1.96 bits per heavy atom. The van der Waals surface area contributed by atoms with Crippen molar-refractivity contribution in [3.05, 3.63) is 35.3 Å². The molecule has 0 aliphatic carbocycles. The molecule has 2 rings (SSSR count). The number of ether oxygens (including phenoxy) is 2. The maximum Gasteiger partial charge on any atom is 0.318 e. The van der Waals surface area contributed by atoms with Crippen molar-refractivity contribution in [2.24, 2.45) is 5.73 Å². The van der Waals surface area contributed by atoms with Gasteiger partial charge in [-0.1, -0.05) is 0 Å². The number of urea groups is 1. The SMILES string of the molecule is COc1ccc(-c2nc(CC(=O)O[C@H](C)C(=O)NC(N)=O)cs2)cc1. The zero-order valence-electron chi connectivity index (χ0n) is 13.6. The van der Waals surface area contributed by atoms with Crippen molar-refractivity contribution in [2.45, 2.75) is 19.4 Å². The average Bonchev–Trinajstić information content (AvgIpc) is 3.02. The highest BCUT2D eigenvalue weighted by molar-refractivity contribution is 7.13. The highest BCUT2D eigenvalue weighted by atomic mass is 32.1. The Kier molecular flexibility index (Phi) is 6.07. The molecule has 0 bridgehead atoms. The van der Waals surface area contributed by atoms with Crippen molar-refractivity contribution >= 4 is 29.2 Å². The molecule has 0 aliphatic rings. The maximum atomic E-state index is 11.9. The summed E-state index contributed by atoms with van der Waals surface area (Å²) in [5.74, 6) is -0.663. The van der Waals surface area contributed by atoms with E-state index < -0.39 is 24.0 Å². The van der Waals surface area contributed by atoms with Gasteiger partial charge in [-0.3, -0.25) is 14.9 Å². The van der Waals surface area contributed by atoms with Crippen LogP contribution in [0.5, 0.6) is 5.75 Å². The number of nitrogens with zero attached hydrogens (tertiary/aromatic N) is 1. The molecule has 0 unspecified atom stereocenters. The Morgan fingerprint density at radius 3 is 2.56 bits per heavy atom. The Labute approximate surface area is 148 Å². The van der Waals surface area contributed by atoms with E-state index in [9.17, 15) is 14.4 Å². The molecule has 9 heteroatoms. The standard InChI is InChI=1S/C16H17N3O5S/c1-9(14(21)19-16(17)22)24-13(20)7-11-8-25-15(18-11)10-3-5-12(23-2)6-4-10/h3-6,8-9H,7H2,1-2H3,(H3,17,19,21,22)/t9-/m1/s1. The predicted octanol–water partition coefficient (Wildman–Crippen LogP) is 1.49. The molecule has 25 heavy (non-hydrogen) atoms. The largest absolute Gasteiger partial charge is 0.497 e. The maximum absolute atomic E-state index is 11.9. The van der Waals surface area contributed by atoms with Crippen molar-refractivity contribution in [3.8, 4) is 16.3 Å². The molecule has 0 fully saturated rings. The van der Waals surface area contributed by atoms with Crippen molar-refractivity contribution in [2.75, 3.05) is 7.11 Å². The van der Waals surface area contributed by atoms with Gasteiger partial charge in [0.25, 0.3) is 5.91 Å². The van der Waals surface area contributed by atoms with Gasteiger partial charge in [0.1, 0.15) is 10.8 Å². The van der Waals surface area contributed by atoms with E-state index in [1.54, 1.807) is 12.5 Å². The number of amides is 3. The number of hydrogen-bond acceptors (Lipinski definition) is 7. The minimum absolute atomic E-state index is 0.0825. The van der Waals surface area contributed by atoms with Crippen LogP contribution in [-0.4, -0.2) is 36.1 Å². The van der Waals surface area contributed by atoms with E-state index in [2.05, 4.69) is 4.98 Å². The molecule has 0 spiro atoms. The number of thiazole rings is 1. The van der Waals surface area contributed by atoms with Gasteiger partial charge >= 0.3 is 12.0 Å². The first-order valence-corrected chi connectivity index (χ1v) is 8.15. The number of aromatic nitrogens is 1. The highest BCUT2D eigenvalue weighted by Gasteiger charge is 2.20. The van der Waals surface area contributed by atoms with E-state index in [1.807, 2.05) is 29.6 Å². The Hall–Kier alpha value is -2.94. The number of esters is 1. The topological polar surface area (TPSA) is 121 Å². The second-order valence-corrected chi connectivity index (χ2v) is 5.89. The Bertz CT molecular complexity index is 772. The number of carbonyl (C=O) groups excluding carboxylic acids is 3. The smallest absolute Gasteiger partial charge is 0.318 e. The summed E-state index contributed by atoms with van der Waals surface area (Å²) in [7, 11) is 1.59. The second-order valence-electron chi connectivity index (χ2n) is 5.03. The molecule has 0 saturated heterocycles. The summed E-state index contributed by atoms with van der Waals surface area (Å²) in [5, 5.41) is 4.35. The van der Waals surface area contributed by atoms with Crippen molar-refractivity contribution in [1.29, 1.82) is 0 Å². The number of imide groups is 1. The first-order valence-electron chi connectivity index (χ1n) is 7.27. The van der Waals surface area contributed by atoms with E-state index >= 15 is 0 Å². The van der Waals surface area contributed by atoms with E-state index in [1.165, 1.54) is 18.3 Å². The summed E-state index contributed by atoms with van der Waals surface area (Å²) in [4.78, 5) is 38.3.